The third-order valence-corrected chi connectivity index (χ3v) is 3.36. The maximum atomic E-state index is 12.8. The van der Waals surface area contributed by atoms with E-state index in [1.165, 1.54) is 4.80 Å². The zero-order valence-corrected chi connectivity index (χ0v) is 11.9. The largest absolute Gasteiger partial charge is 0.289 e. The third kappa shape index (κ3) is 2.48. The van der Waals surface area contributed by atoms with Gasteiger partial charge in [-0.1, -0.05) is 36.4 Å². The van der Waals surface area contributed by atoms with Crippen LogP contribution >= 0.6 is 0 Å². The van der Waals surface area contributed by atoms with Crippen LogP contribution in [0.2, 0.25) is 0 Å². The summed E-state index contributed by atoms with van der Waals surface area (Å²) in [6, 6.07) is 13.2. The van der Waals surface area contributed by atoms with Crippen LogP contribution in [-0.4, -0.2) is 20.8 Å². The van der Waals surface area contributed by atoms with E-state index in [0.717, 1.165) is 11.1 Å². The van der Waals surface area contributed by atoms with Crippen LogP contribution in [0.15, 0.2) is 54.9 Å². The predicted octanol–water partition coefficient (Wildman–Crippen LogP) is 3.12. The van der Waals surface area contributed by atoms with Crippen molar-refractivity contribution in [3.8, 4) is 5.69 Å². The van der Waals surface area contributed by atoms with Crippen molar-refractivity contribution in [1.29, 1.82) is 0 Å². The molecule has 0 atom stereocenters. The number of nitrogens with zero attached hydrogens (tertiary/aromatic N) is 3. The van der Waals surface area contributed by atoms with E-state index in [1.54, 1.807) is 12.4 Å². The molecular formula is C17H15N3O. The molecule has 2 aromatic carbocycles. The average Bonchev–Trinajstić information content (AvgIpc) is 3.01. The van der Waals surface area contributed by atoms with E-state index in [1.807, 2.05) is 56.3 Å². The van der Waals surface area contributed by atoms with E-state index in [0.29, 0.717) is 16.8 Å². The fourth-order valence-corrected chi connectivity index (χ4v) is 2.47. The Kier molecular flexibility index (Phi) is 3.36. The molecule has 0 aliphatic carbocycles. The van der Waals surface area contributed by atoms with Crippen LogP contribution in [0.5, 0.6) is 0 Å². The smallest absolute Gasteiger partial charge is 0.195 e. The molecule has 4 heteroatoms. The maximum Gasteiger partial charge on any atom is 0.195 e. The van der Waals surface area contributed by atoms with Gasteiger partial charge in [0, 0.05) is 5.56 Å². The van der Waals surface area contributed by atoms with Crippen molar-refractivity contribution in [2.75, 3.05) is 0 Å². The molecule has 104 valence electrons. The van der Waals surface area contributed by atoms with Gasteiger partial charge in [-0.2, -0.15) is 15.0 Å². The monoisotopic (exact) mass is 277 g/mol. The number of aryl methyl sites for hydroxylation is 2. The maximum absolute atomic E-state index is 12.8. The second kappa shape index (κ2) is 5.32. The number of benzene rings is 2. The van der Waals surface area contributed by atoms with Gasteiger partial charge in [0.2, 0.25) is 0 Å². The van der Waals surface area contributed by atoms with Crippen molar-refractivity contribution in [2.45, 2.75) is 13.8 Å². The van der Waals surface area contributed by atoms with E-state index >= 15 is 0 Å². The quantitative estimate of drug-likeness (QED) is 0.691. The molecule has 0 N–H and O–H groups in total. The van der Waals surface area contributed by atoms with Gasteiger partial charge >= 0.3 is 0 Å². The number of hydrogen-bond donors (Lipinski definition) is 0. The number of rotatable bonds is 3. The topological polar surface area (TPSA) is 47.8 Å². The molecule has 0 spiro atoms. The minimum absolute atomic E-state index is 0.0135. The van der Waals surface area contributed by atoms with Crippen LogP contribution < -0.4 is 0 Å². The Hall–Kier alpha value is -2.75. The van der Waals surface area contributed by atoms with E-state index in [9.17, 15) is 4.79 Å². The van der Waals surface area contributed by atoms with Gasteiger partial charge in [0.25, 0.3) is 0 Å². The summed E-state index contributed by atoms with van der Waals surface area (Å²) in [6.07, 6.45) is 3.21. The van der Waals surface area contributed by atoms with Crippen molar-refractivity contribution in [3.05, 3.63) is 77.1 Å². The Morgan fingerprint density at radius 1 is 1.00 bits per heavy atom. The Morgan fingerprint density at radius 2 is 1.67 bits per heavy atom. The molecule has 1 aromatic heterocycles. The zero-order chi connectivity index (χ0) is 14.8. The first-order valence-electron chi connectivity index (χ1n) is 6.74. The summed E-state index contributed by atoms with van der Waals surface area (Å²) in [7, 11) is 0. The van der Waals surface area contributed by atoms with Crippen LogP contribution in [0.25, 0.3) is 5.69 Å². The number of aromatic nitrogens is 3. The molecule has 0 aliphatic rings. The van der Waals surface area contributed by atoms with Gasteiger partial charge in [0.15, 0.2) is 5.78 Å². The summed E-state index contributed by atoms with van der Waals surface area (Å²) < 4.78 is 0. The van der Waals surface area contributed by atoms with Crippen LogP contribution in [-0.2, 0) is 0 Å². The second-order valence-electron chi connectivity index (χ2n) is 4.99. The van der Waals surface area contributed by atoms with Crippen molar-refractivity contribution in [3.63, 3.8) is 0 Å². The number of carbonyl (C=O) groups excluding carboxylic acids is 1. The van der Waals surface area contributed by atoms with Gasteiger partial charge < -0.3 is 0 Å². The number of hydrogen-bond acceptors (Lipinski definition) is 3. The Bertz CT molecular complexity index is 777. The summed E-state index contributed by atoms with van der Waals surface area (Å²) in [5.74, 6) is -0.0135. The molecule has 0 amide bonds. The minimum atomic E-state index is -0.0135. The molecule has 0 bridgehead atoms. The van der Waals surface area contributed by atoms with Crippen LogP contribution in [0.3, 0.4) is 0 Å². The van der Waals surface area contributed by atoms with Crippen molar-refractivity contribution >= 4 is 5.78 Å². The molecule has 0 radical (unpaired) electrons. The lowest BCUT2D eigenvalue weighted by Crippen LogP contribution is -2.12. The van der Waals surface area contributed by atoms with Gasteiger partial charge in [-0.15, -0.1) is 0 Å². The highest BCUT2D eigenvalue weighted by atomic mass is 16.1. The zero-order valence-electron chi connectivity index (χ0n) is 11.9. The highest BCUT2D eigenvalue weighted by Gasteiger charge is 2.18. The van der Waals surface area contributed by atoms with Crippen molar-refractivity contribution in [1.82, 2.24) is 15.0 Å². The molecular weight excluding hydrogens is 262 g/mol. The fourth-order valence-electron chi connectivity index (χ4n) is 2.47. The van der Waals surface area contributed by atoms with Gasteiger partial charge in [0.05, 0.1) is 23.6 Å². The first-order chi connectivity index (χ1) is 10.2. The van der Waals surface area contributed by atoms with Crippen LogP contribution in [0.4, 0.5) is 0 Å². The third-order valence-electron chi connectivity index (χ3n) is 3.36. The van der Waals surface area contributed by atoms with Gasteiger partial charge in [-0.3, -0.25) is 4.79 Å². The lowest BCUT2D eigenvalue weighted by Gasteiger charge is -2.12. The molecule has 0 unspecified atom stereocenters. The van der Waals surface area contributed by atoms with E-state index in [4.69, 9.17) is 0 Å². The van der Waals surface area contributed by atoms with Gasteiger partial charge in [-0.05, 0) is 31.0 Å². The van der Waals surface area contributed by atoms with Crippen LogP contribution in [0.1, 0.15) is 27.0 Å². The molecule has 1 heterocycles. The standard InChI is InChI=1S/C17H15N3O/c1-12-10-13(2)16(15(11-12)20-18-8-9-19-20)17(21)14-6-4-3-5-7-14/h3-11H,1-2H3. The highest BCUT2D eigenvalue weighted by molar-refractivity contribution is 6.12. The molecule has 0 saturated heterocycles. The second-order valence-corrected chi connectivity index (χ2v) is 4.99. The van der Waals surface area contributed by atoms with E-state index in [-0.39, 0.29) is 5.78 Å². The fraction of sp³-hybridized carbons (Fsp3) is 0.118. The molecule has 3 aromatic rings. The SMILES string of the molecule is Cc1cc(C)c(C(=O)c2ccccc2)c(-n2nccn2)c1. The average molecular weight is 277 g/mol. The highest BCUT2D eigenvalue weighted by Crippen LogP contribution is 2.23. The predicted molar refractivity (Wildman–Crippen MR) is 80.7 cm³/mol. The Morgan fingerprint density at radius 3 is 2.33 bits per heavy atom. The van der Waals surface area contributed by atoms with Crippen molar-refractivity contribution in [2.24, 2.45) is 0 Å². The molecule has 21 heavy (non-hydrogen) atoms. The lowest BCUT2D eigenvalue weighted by molar-refractivity contribution is 0.103. The molecule has 0 fully saturated rings. The molecule has 0 aliphatic heterocycles. The van der Waals surface area contributed by atoms with E-state index in [2.05, 4.69) is 10.2 Å². The molecule has 4 nitrogen and oxygen atoms in total. The normalized spacial score (nSPS) is 10.6. The first-order valence-corrected chi connectivity index (χ1v) is 6.74. The summed E-state index contributed by atoms with van der Waals surface area (Å²) in [5.41, 5.74) is 4.02. The van der Waals surface area contributed by atoms with E-state index < -0.39 is 0 Å². The number of carbonyl (C=O) groups is 1. The minimum Gasteiger partial charge on any atom is -0.289 e. The summed E-state index contributed by atoms with van der Waals surface area (Å²) in [5, 5.41) is 8.32. The number of ketones is 1. The van der Waals surface area contributed by atoms with Crippen molar-refractivity contribution < 1.29 is 4.79 Å². The lowest BCUT2D eigenvalue weighted by atomic mass is 9.95. The van der Waals surface area contributed by atoms with Gasteiger partial charge in [-0.25, -0.2) is 0 Å². The molecule has 0 saturated carbocycles. The first kappa shape index (κ1) is 13.2. The summed E-state index contributed by atoms with van der Waals surface area (Å²) in [6.45, 7) is 3.94. The Balaban J connectivity index is 2.20. The molecule has 3 rings (SSSR count). The van der Waals surface area contributed by atoms with Gasteiger partial charge in [0.1, 0.15) is 0 Å². The Labute approximate surface area is 123 Å². The van der Waals surface area contributed by atoms with Crippen LogP contribution in [0, 0.1) is 13.8 Å². The summed E-state index contributed by atoms with van der Waals surface area (Å²) >= 11 is 0. The summed E-state index contributed by atoms with van der Waals surface area (Å²) in [4.78, 5) is 14.3.